The average molecular weight is 451 g/mol. The first-order valence-corrected chi connectivity index (χ1v) is 10.2. The zero-order chi connectivity index (χ0) is 22.7. The third-order valence-corrected chi connectivity index (χ3v) is 6.06. The molecule has 5 aromatic rings. The topological polar surface area (TPSA) is 65.3 Å². The summed E-state index contributed by atoms with van der Waals surface area (Å²) in [6, 6.07) is 11.0. The number of fused-ring (bicyclic) bond motifs is 2. The van der Waals surface area contributed by atoms with Gasteiger partial charge in [0.1, 0.15) is 22.8 Å². The molecule has 0 aliphatic rings. The molecule has 0 bridgehead atoms. The molecule has 8 heteroatoms. The first kappa shape index (κ1) is 20.2. The van der Waals surface area contributed by atoms with Crippen molar-refractivity contribution in [2.75, 3.05) is 5.73 Å². The van der Waals surface area contributed by atoms with Crippen LogP contribution in [-0.4, -0.2) is 19.7 Å². The minimum absolute atomic E-state index is 0.122. The highest BCUT2D eigenvalue weighted by molar-refractivity contribution is 6.38. The van der Waals surface area contributed by atoms with Gasteiger partial charge in [-0.25, -0.2) is 13.8 Å². The molecule has 2 N–H and O–H groups in total. The van der Waals surface area contributed by atoms with Crippen LogP contribution in [0.1, 0.15) is 21.6 Å². The summed E-state index contributed by atoms with van der Waals surface area (Å²) in [5, 5.41) is 0.519. The van der Waals surface area contributed by atoms with E-state index < -0.39 is 23.1 Å². The van der Waals surface area contributed by atoms with Crippen molar-refractivity contribution in [3.63, 3.8) is 0 Å². The average Bonchev–Trinajstić information content (AvgIpc) is 3.36. The molecule has 0 aliphatic heterocycles. The van der Waals surface area contributed by atoms with Crippen molar-refractivity contribution in [3.8, 4) is 11.1 Å². The molecule has 5 nitrogen and oxygen atoms in total. The van der Waals surface area contributed by atoms with Crippen LogP contribution in [0.3, 0.4) is 0 Å². The summed E-state index contributed by atoms with van der Waals surface area (Å²) in [7, 11) is 1.90. The van der Waals surface area contributed by atoms with Crippen molar-refractivity contribution >= 4 is 39.6 Å². The number of carbonyl (C=O) groups excluding carboxylic acids is 1. The summed E-state index contributed by atoms with van der Waals surface area (Å²) in [5.41, 5.74) is 9.77. The van der Waals surface area contributed by atoms with E-state index in [2.05, 4.69) is 4.98 Å². The lowest BCUT2D eigenvalue weighted by Gasteiger charge is -2.13. The fourth-order valence-corrected chi connectivity index (χ4v) is 4.47. The fourth-order valence-electron chi connectivity index (χ4n) is 4.08. The van der Waals surface area contributed by atoms with Gasteiger partial charge in [0.15, 0.2) is 0 Å². The number of hydrogen-bond acceptors (Lipinski definition) is 3. The van der Waals surface area contributed by atoms with Crippen molar-refractivity contribution < 1.29 is 13.6 Å². The van der Waals surface area contributed by atoms with E-state index in [-0.39, 0.29) is 11.3 Å². The highest BCUT2D eigenvalue weighted by atomic mass is 35.5. The summed E-state index contributed by atoms with van der Waals surface area (Å²) < 4.78 is 31.4. The minimum atomic E-state index is -0.971. The largest absolute Gasteiger partial charge is 0.394 e. The number of hydrogen-bond donors (Lipinski definition) is 1. The third-order valence-electron chi connectivity index (χ3n) is 5.69. The van der Waals surface area contributed by atoms with Crippen LogP contribution in [0.25, 0.3) is 27.7 Å². The number of nitrogens with two attached hydrogens (primary N) is 1. The maximum atomic E-state index is 13.9. The molecule has 32 heavy (non-hydrogen) atoms. The number of nitrogen functional groups attached to an aromatic ring is 1. The standard InChI is InChI=1S/C24H17ClF2N4O/c1-12-8-19-23(29-11-30(19)2)21(25)20(12)14-4-3-7-31-17(14)5-6-18(31)24(32)13-9-15(26)22(28)16(27)10-13/h3-11H,28H2,1-2H3. The number of ketones is 1. The van der Waals surface area contributed by atoms with E-state index in [1.54, 1.807) is 35.1 Å². The highest BCUT2D eigenvalue weighted by Gasteiger charge is 2.21. The van der Waals surface area contributed by atoms with Crippen molar-refractivity contribution in [2.24, 2.45) is 7.05 Å². The molecule has 0 atom stereocenters. The van der Waals surface area contributed by atoms with Gasteiger partial charge in [-0.05, 0) is 48.9 Å². The van der Waals surface area contributed by atoms with Crippen molar-refractivity contribution in [1.82, 2.24) is 14.0 Å². The summed E-state index contributed by atoms with van der Waals surface area (Å²) in [5.74, 6) is -2.47. The molecule has 0 saturated heterocycles. The third kappa shape index (κ3) is 2.89. The summed E-state index contributed by atoms with van der Waals surface area (Å²) in [4.78, 5) is 17.5. The Labute approximate surface area is 186 Å². The normalized spacial score (nSPS) is 11.5. The van der Waals surface area contributed by atoms with Crippen LogP contribution < -0.4 is 5.73 Å². The Bertz CT molecular complexity index is 1540. The van der Waals surface area contributed by atoms with Gasteiger partial charge in [-0.2, -0.15) is 0 Å². The number of rotatable bonds is 3. The van der Waals surface area contributed by atoms with Crippen molar-refractivity contribution in [2.45, 2.75) is 6.92 Å². The predicted octanol–water partition coefficient (Wildman–Crippen LogP) is 5.55. The van der Waals surface area contributed by atoms with Crippen LogP contribution in [0.15, 0.2) is 55.0 Å². The number of benzene rings is 2. The van der Waals surface area contributed by atoms with E-state index in [0.29, 0.717) is 10.5 Å². The molecule has 3 heterocycles. The van der Waals surface area contributed by atoms with Gasteiger partial charge in [-0.15, -0.1) is 0 Å². The molecule has 0 aliphatic carbocycles. The van der Waals surface area contributed by atoms with Crippen LogP contribution >= 0.6 is 11.6 Å². The van der Waals surface area contributed by atoms with E-state index in [9.17, 15) is 13.6 Å². The zero-order valence-corrected chi connectivity index (χ0v) is 17.9. The monoisotopic (exact) mass is 450 g/mol. The molecule has 0 radical (unpaired) electrons. The lowest BCUT2D eigenvalue weighted by Crippen LogP contribution is -2.08. The molecular formula is C24H17ClF2N4O. The van der Waals surface area contributed by atoms with Gasteiger partial charge >= 0.3 is 0 Å². The van der Waals surface area contributed by atoms with E-state index in [1.165, 1.54) is 0 Å². The van der Waals surface area contributed by atoms with Gasteiger partial charge in [-0.3, -0.25) is 4.79 Å². The number of nitrogens with zero attached hydrogens (tertiary/aromatic N) is 3. The number of carbonyl (C=O) groups is 1. The maximum Gasteiger partial charge on any atom is 0.209 e. The molecule has 0 fully saturated rings. The fraction of sp³-hybridized carbons (Fsp3) is 0.0833. The summed E-state index contributed by atoms with van der Waals surface area (Å²) in [6.45, 7) is 1.96. The Morgan fingerprint density at radius 2 is 1.81 bits per heavy atom. The maximum absolute atomic E-state index is 13.9. The number of aryl methyl sites for hydroxylation is 2. The van der Waals surface area contributed by atoms with Crippen molar-refractivity contribution in [1.29, 1.82) is 0 Å². The smallest absolute Gasteiger partial charge is 0.209 e. The molecule has 0 spiro atoms. The Kier molecular flexibility index (Phi) is 4.53. The van der Waals surface area contributed by atoms with Gasteiger partial charge in [0.25, 0.3) is 0 Å². The number of halogens is 3. The van der Waals surface area contributed by atoms with Crippen LogP contribution in [-0.2, 0) is 7.05 Å². The first-order valence-electron chi connectivity index (χ1n) is 9.77. The number of aromatic nitrogens is 3. The second kappa shape index (κ2) is 7.17. The van der Waals surface area contributed by atoms with E-state index in [0.717, 1.165) is 39.9 Å². The van der Waals surface area contributed by atoms with E-state index >= 15 is 0 Å². The number of anilines is 1. The number of imidazole rings is 1. The second-order valence-electron chi connectivity index (χ2n) is 7.68. The van der Waals surface area contributed by atoms with E-state index in [4.69, 9.17) is 17.3 Å². The number of pyridine rings is 1. The van der Waals surface area contributed by atoms with Crippen LogP contribution in [0.2, 0.25) is 5.02 Å². The lowest BCUT2D eigenvalue weighted by molar-refractivity contribution is 0.103. The SMILES string of the molecule is Cc1cc2c(ncn2C)c(Cl)c1-c1cccn2c(C(=O)c3cc(F)c(N)c(F)c3)ccc12. The molecule has 2 aromatic carbocycles. The first-order chi connectivity index (χ1) is 15.3. The highest BCUT2D eigenvalue weighted by Crippen LogP contribution is 2.39. The van der Waals surface area contributed by atoms with Crippen LogP contribution in [0, 0.1) is 18.6 Å². The molecular weight excluding hydrogens is 434 g/mol. The van der Waals surface area contributed by atoms with Crippen LogP contribution in [0.4, 0.5) is 14.5 Å². The molecule has 5 rings (SSSR count). The summed E-state index contributed by atoms with van der Waals surface area (Å²) in [6.07, 6.45) is 3.43. The van der Waals surface area contributed by atoms with Crippen LogP contribution in [0.5, 0.6) is 0 Å². The Morgan fingerprint density at radius 1 is 1.09 bits per heavy atom. The van der Waals surface area contributed by atoms with Gasteiger partial charge in [0.05, 0.1) is 28.1 Å². The molecule has 3 aromatic heterocycles. The van der Waals surface area contributed by atoms with E-state index in [1.807, 2.05) is 30.7 Å². The molecule has 160 valence electrons. The molecule has 0 saturated carbocycles. The zero-order valence-electron chi connectivity index (χ0n) is 17.2. The summed E-state index contributed by atoms with van der Waals surface area (Å²) >= 11 is 6.76. The van der Waals surface area contributed by atoms with Gasteiger partial charge < -0.3 is 14.7 Å². The minimum Gasteiger partial charge on any atom is -0.394 e. The Morgan fingerprint density at radius 3 is 2.53 bits per heavy atom. The van der Waals surface area contributed by atoms with Gasteiger partial charge in [-0.1, -0.05) is 17.7 Å². The van der Waals surface area contributed by atoms with Crippen molar-refractivity contribution in [3.05, 3.63) is 88.5 Å². The second-order valence-corrected chi connectivity index (χ2v) is 8.06. The molecule has 0 unspecified atom stereocenters. The Balaban J connectivity index is 1.70. The Hall–Kier alpha value is -3.71. The molecule has 0 amide bonds. The lowest BCUT2D eigenvalue weighted by atomic mass is 9.99. The predicted molar refractivity (Wildman–Crippen MR) is 121 cm³/mol. The van der Waals surface area contributed by atoms with Gasteiger partial charge in [0.2, 0.25) is 5.78 Å². The van der Waals surface area contributed by atoms with Gasteiger partial charge in [0, 0.05) is 29.9 Å². The quantitative estimate of drug-likeness (QED) is 0.289.